The first-order valence-corrected chi connectivity index (χ1v) is 5.96. The first-order valence-electron chi connectivity index (χ1n) is 5.55. The molecule has 0 unspecified atom stereocenters. The lowest BCUT2D eigenvalue weighted by Crippen LogP contribution is -2.35. The summed E-state index contributed by atoms with van der Waals surface area (Å²) in [5, 5.41) is 6.08. The van der Waals surface area contributed by atoms with E-state index in [0.717, 1.165) is 18.9 Å². The Balaban J connectivity index is 2.56. The van der Waals surface area contributed by atoms with Crippen molar-refractivity contribution in [2.24, 2.45) is 0 Å². The summed E-state index contributed by atoms with van der Waals surface area (Å²) >= 11 is 5.04. The summed E-state index contributed by atoms with van der Waals surface area (Å²) in [4.78, 5) is 0. The zero-order valence-electron chi connectivity index (χ0n) is 9.89. The Labute approximate surface area is 105 Å². The molecule has 0 saturated heterocycles. The quantitative estimate of drug-likeness (QED) is 0.809. The van der Waals surface area contributed by atoms with Gasteiger partial charge in [-0.2, -0.15) is 0 Å². The van der Waals surface area contributed by atoms with Gasteiger partial charge in [0.1, 0.15) is 11.6 Å². The van der Waals surface area contributed by atoms with Crippen molar-refractivity contribution in [1.29, 1.82) is 0 Å². The molecule has 17 heavy (non-hydrogen) atoms. The van der Waals surface area contributed by atoms with Crippen LogP contribution in [0.15, 0.2) is 18.2 Å². The van der Waals surface area contributed by atoms with Crippen molar-refractivity contribution in [2.45, 2.75) is 32.7 Å². The van der Waals surface area contributed by atoms with Gasteiger partial charge in [0, 0.05) is 12.1 Å². The lowest BCUT2D eigenvalue weighted by atomic mass is 10.2. The summed E-state index contributed by atoms with van der Waals surface area (Å²) in [5.41, 5.74) is 0.174. The standard InChI is InChI=1S/C12H16F2N2S/c1-3-4-8(2)15-12(17)16-11-6-5-9(13)7-10(11)14/h5-8H,3-4H2,1-2H3,(H2,15,16,17)/t8-/m0/s1. The Bertz CT molecular complexity index is 396. The van der Waals surface area contributed by atoms with Crippen LogP contribution >= 0.6 is 12.2 Å². The van der Waals surface area contributed by atoms with Crippen LogP contribution in [-0.4, -0.2) is 11.2 Å². The van der Waals surface area contributed by atoms with Crippen molar-refractivity contribution < 1.29 is 8.78 Å². The lowest BCUT2D eigenvalue weighted by Gasteiger charge is -2.16. The normalized spacial score (nSPS) is 12.0. The molecular formula is C12H16F2N2S. The zero-order valence-corrected chi connectivity index (χ0v) is 10.7. The highest BCUT2D eigenvalue weighted by atomic mass is 32.1. The molecule has 0 aliphatic carbocycles. The van der Waals surface area contributed by atoms with Crippen LogP contribution in [0.5, 0.6) is 0 Å². The number of benzene rings is 1. The zero-order chi connectivity index (χ0) is 12.8. The Morgan fingerprint density at radius 1 is 1.41 bits per heavy atom. The number of thiocarbonyl (C=S) groups is 1. The van der Waals surface area contributed by atoms with Crippen molar-refractivity contribution in [3.05, 3.63) is 29.8 Å². The Morgan fingerprint density at radius 3 is 2.71 bits per heavy atom. The largest absolute Gasteiger partial charge is 0.360 e. The van der Waals surface area contributed by atoms with Gasteiger partial charge in [-0.3, -0.25) is 0 Å². The Kier molecular flexibility index (Phi) is 5.28. The Morgan fingerprint density at radius 2 is 2.12 bits per heavy atom. The second-order valence-electron chi connectivity index (χ2n) is 3.91. The van der Waals surface area contributed by atoms with Gasteiger partial charge in [0.15, 0.2) is 5.11 Å². The predicted octanol–water partition coefficient (Wildman–Crippen LogP) is 3.44. The van der Waals surface area contributed by atoms with Gasteiger partial charge in [-0.1, -0.05) is 13.3 Å². The van der Waals surface area contributed by atoms with E-state index >= 15 is 0 Å². The third kappa shape index (κ3) is 4.65. The lowest BCUT2D eigenvalue weighted by molar-refractivity contribution is 0.584. The second kappa shape index (κ2) is 6.49. The fourth-order valence-electron chi connectivity index (χ4n) is 1.48. The van der Waals surface area contributed by atoms with Gasteiger partial charge in [-0.05, 0) is 37.7 Å². The number of anilines is 1. The fraction of sp³-hybridized carbons (Fsp3) is 0.417. The van der Waals surface area contributed by atoms with Crippen LogP contribution in [0.4, 0.5) is 14.5 Å². The molecule has 0 heterocycles. The summed E-state index contributed by atoms with van der Waals surface area (Å²) in [7, 11) is 0. The first kappa shape index (κ1) is 13.8. The minimum Gasteiger partial charge on any atom is -0.360 e. The molecule has 0 aliphatic heterocycles. The molecule has 0 radical (unpaired) electrons. The average molecular weight is 258 g/mol. The van der Waals surface area contributed by atoms with E-state index in [9.17, 15) is 8.78 Å². The highest BCUT2D eigenvalue weighted by Gasteiger charge is 2.07. The SMILES string of the molecule is CCC[C@H](C)NC(=S)Nc1ccc(F)cc1F. The summed E-state index contributed by atoms with van der Waals surface area (Å²) in [6.07, 6.45) is 2.02. The molecule has 1 aromatic carbocycles. The molecule has 2 N–H and O–H groups in total. The van der Waals surface area contributed by atoms with E-state index in [-0.39, 0.29) is 11.7 Å². The third-order valence-corrected chi connectivity index (χ3v) is 2.50. The molecule has 0 aromatic heterocycles. The molecule has 0 saturated carbocycles. The van der Waals surface area contributed by atoms with Crippen LogP contribution in [0.25, 0.3) is 0 Å². The van der Waals surface area contributed by atoms with Gasteiger partial charge in [0.2, 0.25) is 0 Å². The van der Waals surface area contributed by atoms with Crippen LogP contribution < -0.4 is 10.6 Å². The van der Waals surface area contributed by atoms with Crippen molar-refractivity contribution in [3.8, 4) is 0 Å². The van der Waals surface area contributed by atoms with Crippen molar-refractivity contribution in [3.63, 3.8) is 0 Å². The molecule has 1 aromatic rings. The molecule has 0 bridgehead atoms. The van der Waals surface area contributed by atoms with Crippen molar-refractivity contribution in [2.75, 3.05) is 5.32 Å². The summed E-state index contributed by atoms with van der Waals surface area (Å²) in [6, 6.07) is 3.55. The maximum Gasteiger partial charge on any atom is 0.171 e. The minimum absolute atomic E-state index is 0.174. The summed E-state index contributed by atoms with van der Waals surface area (Å²) < 4.78 is 26.0. The van der Waals surface area contributed by atoms with Crippen LogP contribution in [0.1, 0.15) is 26.7 Å². The van der Waals surface area contributed by atoms with Crippen LogP contribution in [-0.2, 0) is 0 Å². The molecular weight excluding hydrogens is 242 g/mol. The second-order valence-corrected chi connectivity index (χ2v) is 4.32. The van der Waals surface area contributed by atoms with Gasteiger partial charge in [0.05, 0.1) is 5.69 Å². The molecule has 0 fully saturated rings. The van der Waals surface area contributed by atoms with Crippen LogP contribution in [0.2, 0.25) is 0 Å². The average Bonchev–Trinajstić information content (AvgIpc) is 2.22. The molecule has 0 spiro atoms. The highest BCUT2D eigenvalue weighted by Crippen LogP contribution is 2.14. The number of hydrogen-bond acceptors (Lipinski definition) is 1. The maximum absolute atomic E-state index is 13.3. The van der Waals surface area contributed by atoms with Gasteiger partial charge in [-0.25, -0.2) is 8.78 Å². The molecule has 0 amide bonds. The summed E-state index contributed by atoms with van der Waals surface area (Å²) in [5.74, 6) is -1.26. The van der Waals surface area contributed by atoms with Gasteiger partial charge in [0.25, 0.3) is 0 Å². The van der Waals surface area contributed by atoms with E-state index < -0.39 is 11.6 Å². The van der Waals surface area contributed by atoms with Crippen molar-refractivity contribution >= 4 is 23.0 Å². The van der Waals surface area contributed by atoms with Crippen molar-refractivity contribution in [1.82, 2.24) is 5.32 Å². The van der Waals surface area contributed by atoms with E-state index in [4.69, 9.17) is 12.2 Å². The van der Waals surface area contributed by atoms with E-state index in [2.05, 4.69) is 17.6 Å². The molecule has 1 atom stereocenters. The fourth-order valence-corrected chi connectivity index (χ4v) is 1.79. The molecule has 2 nitrogen and oxygen atoms in total. The molecule has 0 aliphatic rings. The van der Waals surface area contributed by atoms with E-state index in [1.165, 1.54) is 12.1 Å². The number of halogens is 2. The van der Waals surface area contributed by atoms with Gasteiger partial charge >= 0.3 is 0 Å². The Hall–Kier alpha value is -1.23. The summed E-state index contributed by atoms with van der Waals surface area (Å²) in [6.45, 7) is 4.08. The predicted molar refractivity (Wildman–Crippen MR) is 70.1 cm³/mol. The molecule has 1 rings (SSSR count). The van der Waals surface area contributed by atoms with E-state index in [0.29, 0.717) is 5.11 Å². The van der Waals surface area contributed by atoms with E-state index in [1.807, 2.05) is 6.92 Å². The highest BCUT2D eigenvalue weighted by molar-refractivity contribution is 7.80. The number of rotatable bonds is 4. The van der Waals surface area contributed by atoms with Gasteiger partial charge < -0.3 is 10.6 Å². The number of hydrogen-bond donors (Lipinski definition) is 2. The van der Waals surface area contributed by atoms with Crippen LogP contribution in [0.3, 0.4) is 0 Å². The minimum atomic E-state index is -0.655. The monoisotopic (exact) mass is 258 g/mol. The molecule has 5 heteroatoms. The third-order valence-electron chi connectivity index (χ3n) is 2.28. The van der Waals surface area contributed by atoms with E-state index in [1.54, 1.807) is 0 Å². The maximum atomic E-state index is 13.3. The smallest absolute Gasteiger partial charge is 0.171 e. The number of nitrogens with one attached hydrogen (secondary N) is 2. The van der Waals surface area contributed by atoms with Gasteiger partial charge in [-0.15, -0.1) is 0 Å². The first-order chi connectivity index (χ1) is 8.02. The van der Waals surface area contributed by atoms with Crippen LogP contribution in [0, 0.1) is 11.6 Å². The molecule has 94 valence electrons. The topological polar surface area (TPSA) is 24.1 Å².